The number of sulfonamides is 1. The molecule has 1 aromatic heterocycles. The van der Waals surface area contributed by atoms with Crippen molar-refractivity contribution < 1.29 is 17.9 Å². The molecule has 10 heteroatoms. The van der Waals surface area contributed by atoms with Gasteiger partial charge in [-0.15, -0.1) is 5.10 Å². The van der Waals surface area contributed by atoms with Crippen molar-refractivity contribution >= 4 is 21.5 Å². The van der Waals surface area contributed by atoms with Crippen LogP contribution in [0.15, 0.2) is 35.4 Å². The number of hydrogen-bond acceptors (Lipinski definition) is 8. The minimum absolute atomic E-state index is 0.0867. The molecule has 0 radical (unpaired) electrons. The highest BCUT2D eigenvalue weighted by atomic mass is 32.2. The Morgan fingerprint density at radius 2 is 1.83 bits per heavy atom. The fourth-order valence-electron chi connectivity index (χ4n) is 3.28. The van der Waals surface area contributed by atoms with Crippen LogP contribution in [0.2, 0.25) is 0 Å². The summed E-state index contributed by atoms with van der Waals surface area (Å²) in [6, 6.07) is 6.65. The third-order valence-corrected chi connectivity index (χ3v) is 6.15. The molecule has 1 saturated heterocycles. The molecular formula is C20H29N5O4S. The van der Waals surface area contributed by atoms with Crippen molar-refractivity contribution in [2.75, 3.05) is 49.6 Å². The highest BCUT2D eigenvalue weighted by molar-refractivity contribution is 7.89. The van der Waals surface area contributed by atoms with Crippen LogP contribution in [0.5, 0.6) is 11.5 Å². The molecule has 0 spiro atoms. The molecule has 0 bridgehead atoms. The van der Waals surface area contributed by atoms with Gasteiger partial charge in [-0.3, -0.25) is 0 Å². The molecule has 1 aliphatic rings. The minimum atomic E-state index is -3.74. The van der Waals surface area contributed by atoms with Gasteiger partial charge in [0.15, 0.2) is 5.82 Å². The summed E-state index contributed by atoms with van der Waals surface area (Å²) in [5, 5.41) is 11.2. The molecule has 1 aromatic carbocycles. The number of benzene rings is 1. The molecule has 1 aliphatic heterocycles. The van der Waals surface area contributed by atoms with Gasteiger partial charge in [0.05, 0.1) is 25.1 Å². The van der Waals surface area contributed by atoms with E-state index in [0.29, 0.717) is 31.3 Å². The molecule has 2 N–H and O–H groups in total. The molecule has 0 atom stereocenters. The van der Waals surface area contributed by atoms with Gasteiger partial charge >= 0.3 is 0 Å². The average Bonchev–Trinajstić information content (AvgIpc) is 3.27. The van der Waals surface area contributed by atoms with Gasteiger partial charge in [-0.1, -0.05) is 0 Å². The Morgan fingerprint density at radius 1 is 1.07 bits per heavy atom. The van der Waals surface area contributed by atoms with Crippen molar-refractivity contribution in [2.24, 2.45) is 0 Å². The highest BCUT2D eigenvalue weighted by Crippen LogP contribution is 2.28. The zero-order valence-electron chi connectivity index (χ0n) is 17.4. The maximum Gasteiger partial charge on any atom is 0.244 e. The van der Waals surface area contributed by atoms with E-state index in [4.69, 9.17) is 9.47 Å². The average molecular weight is 436 g/mol. The van der Waals surface area contributed by atoms with Crippen LogP contribution in [-0.4, -0.2) is 58.0 Å². The van der Waals surface area contributed by atoms with Gasteiger partial charge < -0.3 is 19.7 Å². The summed E-state index contributed by atoms with van der Waals surface area (Å²) in [6.45, 7) is 7.12. The van der Waals surface area contributed by atoms with Gasteiger partial charge in [0.1, 0.15) is 16.4 Å². The van der Waals surface area contributed by atoms with Crippen LogP contribution >= 0.6 is 0 Å². The van der Waals surface area contributed by atoms with E-state index in [0.717, 1.165) is 18.8 Å². The summed E-state index contributed by atoms with van der Waals surface area (Å²) in [4.78, 5) is 2.35. The summed E-state index contributed by atoms with van der Waals surface area (Å²) in [5.41, 5.74) is 1.03. The number of nitrogens with zero attached hydrogens (tertiary/aromatic N) is 3. The fraction of sp³-hybridized carbons (Fsp3) is 0.500. The first-order valence-electron chi connectivity index (χ1n) is 10.2. The molecule has 2 aromatic rings. The lowest BCUT2D eigenvalue weighted by atomic mass is 10.3. The Bertz CT molecular complexity index is 933. The Balaban J connectivity index is 1.58. The predicted octanol–water partition coefficient (Wildman–Crippen LogP) is 2.26. The van der Waals surface area contributed by atoms with Crippen LogP contribution < -0.4 is 24.4 Å². The molecule has 0 amide bonds. The zero-order chi connectivity index (χ0) is 21.4. The number of rotatable bonds is 11. The summed E-state index contributed by atoms with van der Waals surface area (Å²) >= 11 is 0. The first kappa shape index (κ1) is 22.1. The maximum atomic E-state index is 12.7. The van der Waals surface area contributed by atoms with Gasteiger partial charge in [-0.25, -0.2) is 13.1 Å². The van der Waals surface area contributed by atoms with Crippen LogP contribution in [0.1, 0.15) is 26.7 Å². The second-order valence-electron chi connectivity index (χ2n) is 6.79. The van der Waals surface area contributed by atoms with Crippen molar-refractivity contribution in [3.8, 4) is 11.5 Å². The van der Waals surface area contributed by atoms with Crippen molar-refractivity contribution in [1.29, 1.82) is 0 Å². The van der Waals surface area contributed by atoms with E-state index in [1.165, 1.54) is 18.9 Å². The van der Waals surface area contributed by atoms with Crippen LogP contribution in [0.3, 0.4) is 0 Å². The topological polar surface area (TPSA) is 106 Å². The molecule has 9 nitrogen and oxygen atoms in total. The molecule has 2 heterocycles. The lowest BCUT2D eigenvalue weighted by Crippen LogP contribution is -2.29. The van der Waals surface area contributed by atoms with Gasteiger partial charge in [-0.05, 0) is 38.8 Å². The lowest BCUT2D eigenvalue weighted by Gasteiger charge is -2.17. The normalized spacial score (nSPS) is 14.0. The van der Waals surface area contributed by atoms with Crippen LogP contribution in [0, 0.1) is 0 Å². The van der Waals surface area contributed by atoms with E-state index in [1.807, 2.05) is 13.0 Å². The molecule has 0 unspecified atom stereocenters. The predicted molar refractivity (Wildman–Crippen MR) is 116 cm³/mol. The lowest BCUT2D eigenvalue weighted by molar-refractivity contribution is 0.317. The Morgan fingerprint density at radius 3 is 2.57 bits per heavy atom. The first-order valence-corrected chi connectivity index (χ1v) is 11.7. The van der Waals surface area contributed by atoms with E-state index in [2.05, 4.69) is 25.1 Å². The third kappa shape index (κ3) is 5.73. The zero-order valence-corrected chi connectivity index (χ0v) is 18.2. The van der Waals surface area contributed by atoms with E-state index < -0.39 is 10.0 Å². The molecule has 164 valence electrons. The van der Waals surface area contributed by atoms with Crippen molar-refractivity contribution in [3.05, 3.63) is 30.5 Å². The van der Waals surface area contributed by atoms with Crippen LogP contribution in [-0.2, 0) is 10.0 Å². The number of nitrogens with one attached hydrogen (secondary N) is 2. The van der Waals surface area contributed by atoms with Gasteiger partial charge in [-0.2, -0.15) is 5.10 Å². The van der Waals surface area contributed by atoms with E-state index in [9.17, 15) is 8.42 Å². The van der Waals surface area contributed by atoms with Gasteiger partial charge in [0.25, 0.3) is 0 Å². The summed E-state index contributed by atoms with van der Waals surface area (Å²) in [6.07, 6.45) is 4.12. The fourth-order valence-corrected chi connectivity index (χ4v) is 4.44. The standard InChI is InChI=1S/C20H29N5O4S/c1-3-28-17-7-8-19(18(14-17)29-4-2)30(26,27)23-10-9-21-20-13-16(15-22-24-20)25-11-5-6-12-25/h7-8,13-15,23H,3-6,9-12H2,1-2H3,(H,21,24). The minimum Gasteiger partial charge on any atom is -0.494 e. The molecule has 0 saturated carbocycles. The Kier molecular flexibility index (Phi) is 7.69. The number of anilines is 2. The number of hydrogen-bond donors (Lipinski definition) is 2. The summed E-state index contributed by atoms with van der Waals surface area (Å²) < 4.78 is 39.0. The van der Waals surface area contributed by atoms with Gasteiger partial charge in [0, 0.05) is 38.3 Å². The van der Waals surface area contributed by atoms with Crippen molar-refractivity contribution in [2.45, 2.75) is 31.6 Å². The molecule has 1 fully saturated rings. The first-order chi connectivity index (χ1) is 14.5. The highest BCUT2D eigenvalue weighted by Gasteiger charge is 2.20. The number of aromatic nitrogens is 2. The third-order valence-electron chi connectivity index (χ3n) is 4.65. The van der Waals surface area contributed by atoms with Crippen LogP contribution in [0.25, 0.3) is 0 Å². The van der Waals surface area contributed by atoms with Gasteiger partial charge in [0.2, 0.25) is 10.0 Å². The molecule has 30 heavy (non-hydrogen) atoms. The molecular weight excluding hydrogens is 406 g/mol. The smallest absolute Gasteiger partial charge is 0.244 e. The monoisotopic (exact) mass is 435 g/mol. The second kappa shape index (κ2) is 10.4. The van der Waals surface area contributed by atoms with E-state index >= 15 is 0 Å². The molecule has 3 rings (SSSR count). The Hall–Kier alpha value is -2.59. The molecule has 0 aliphatic carbocycles. The summed E-state index contributed by atoms with van der Waals surface area (Å²) in [7, 11) is -3.74. The quantitative estimate of drug-likeness (QED) is 0.518. The van der Waals surface area contributed by atoms with E-state index in [-0.39, 0.29) is 17.2 Å². The van der Waals surface area contributed by atoms with E-state index in [1.54, 1.807) is 25.3 Å². The van der Waals surface area contributed by atoms with Crippen LogP contribution in [0.4, 0.5) is 11.5 Å². The van der Waals surface area contributed by atoms with Crippen molar-refractivity contribution in [1.82, 2.24) is 14.9 Å². The Labute approximate surface area is 177 Å². The van der Waals surface area contributed by atoms with Crippen molar-refractivity contribution in [3.63, 3.8) is 0 Å². The largest absolute Gasteiger partial charge is 0.494 e. The number of ether oxygens (including phenoxy) is 2. The SMILES string of the molecule is CCOc1ccc(S(=O)(=O)NCCNc2cc(N3CCCC3)cnn2)c(OCC)c1. The maximum absolute atomic E-state index is 12.7. The summed E-state index contributed by atoms with van der Waals surface area (Å²) in [5.74, 6) is 1.46. The second-order valence-corrected chi connectivity index (χ2v) is 8.53.